The summed E-state index contributed by atoms with van der Waals surface area (Å²) in [5.41, 5.74) is 10.6. The van der Waals surface area contributed by atoms with Crippen LogP contribution < -0.4 is 5.73 Å². The molecule has 0 saturated heterocycles. The van der Waals surface area contributed by atoms with E-state index in [1.807, 2.05) is 62.6 Å². The molecule has 1 atom stereocenters. The lowest BCUT2D eigenvalue weighted by molar-refractivity contribution is 0.0395. The standard InChI is InChI=1S/C23H24N6O2/c1-4-14-7-5-6-8-17(14)21-27-28-22(31-21)19-20(24)25-13-18(26-19)15-9-11-16(12-10-15)23(30)29(2)3/h5-13,23,30H,4H2,1-3H3,(H2,24,25). The average molecular weight is 416 g/mol. The van der Waals surface area contributed by atoms with Gasteiger partial charge in [-0.2, -0.15) is 0 Å². The smallest absolute Gasteiger partial charge is 0.270 e. The van der Waals surface area contributed by atoms with Gasteiger partial charge in [-0.25, -0.2) is 9.97 Å². The number of anilines is 1. The Morgan fingerprint density at radius 3 is 2.45 bits per heavy atom. The van der Waals surface area contributed by atoms with Gasteiger partial charge in [-0.3, -0.25) is 4.90 Å². The highest BCUT2D eigenvalue weighted by atomic mass is 16.4. The van der Waals surface area contributed by atoms with E-state index in [4.69, 9.17) is 10.2 Å². The van der Waals surface area contributed by atoms with Crippen LogP contribution >= 0.6 is 0 Å². The van der Waals surface area contributed by atoms with Gasteiger partial charge in [0.05, 0.1) is 11.9 Å². The summed E-state index contributed by atoms with van der Waals surface area (Å²) >= 11 is 0. The van der Waals surface area contributed by atoms with Crippen molar-refractivity contribution in [2.75, 3.05) is 19.8 Å². The van der Waals surface area contributed by atoms with Crippen LogP contribution in [0.5, 0.6) is 0 Å². The number of aryl methyl sites for hydroxylation is 1. The first-order valence-corrected chi connectivity index (χ1v) is 9.97. The first kappa shape index (κ1) is 20.6. The van der Waals surface area contributed by atoms with Crippen molar-refractivity contribution in [3.63, 3.8) is 0 Å². The number of rotatable bonds is 6. The molecule has 8 heteroatoms. The second kappa shape index (κ2) is 8.63. The molecule has 0 saturated carbocycles. The molecule has 8 nitrogen and oxygen atoms in total. The Labute approximate surface area is 180 Å². The van der Waals surface area contributed by atoms with E-state index in [-0.39, 0.29) is 11.7 Å². The fourth-order valence-corrected chi connectivity index (χ4v) is 3.28. The molecule has 0 aliphatic heterocycles. The van der Waals surface area contributed by atoms with Gasteiger partial charge in [0, 0.05) is 11.1 Å². The molecule has 1 unspecified atom stereocenters. The van der Waals surface area contributed by atoms with Gasteiger partial charge in [-0.05, 0) is 37.7 Å². The molecule has 3 N–H and O–H groups in total. The number of hydrogen-bond donors (Lipinski definition) is 2. The van der Waals surface area contributed by atoms with Crippen LogP contribution in [-0.2, 0) is 6.42 Å². The van der Waals surface area contributed by atoms with Gasteiger partial charge in [0.15, 0.2) is 11.5 Å². The van der Waals surface area contributed by atoms with Gasteiger partial charge in [-0.1, -0.05) is 49.4 Å². The quantitative estimate of drug-likeness (QED) is 0.459. The number of aliphatic hydroxyl groups is 1. The number of aliphatic hydroxyl groups excluding tert-OH is 1. The van der Waals surface area contributed by atoms with Crippen molar-refractivity contribution in [3.8, 4) is 34.3 Å². The second-order valence-corrected chi connectivity index (χ2v) is 7.37. The van der Waals surface area contributed by atoms with Crippen LogP contribution in [0.15, 0.2) is 59.1 Å². The second-order valence-electron chi connectivity index (χ2n) is 7.37. The molecule has 4 rings (SSSR count). The van der Waals surface area contributed by atoms with E-state index in [1.165, 1.54) is 0 Å². The minimum atomic E-state index is -0.676. The highest BCUT2D eigenvalue weighted by molar-refractivity contribution is 5.69. The number of nitrogen functional groups attached to an aromatic ring is 1. The molecule has 2 heterocycles. The summed E-state index contributed by atoms with van der Waals surface area (Å²) in [4.78, 5) is 10.6. The van der Waals surface area contributed by atoms with E-state index in [0.717, 1.165) is 28.7 Å². The number of hydrogen-bond acceptors (Lipinski definition) is 8. The molecule has 2 aromatic carbocycles. The third kappa shape index (κ3) is 4.16. The zero-order chi connectivity index (χ0) is 22.0. The van der Waals surface area contributed by atoms with Crippen LogP contribution in [0.25, 0.3) is 34.3 Å². The Hall–Kier alpha value is -3.62. The van der Waals surface area contributed by atoms with E-state index in [1.54, 1.807) is 11.1 Å². The SMILES string of the molecule is CCc1ccccc1-c1nnc(-c2nc(-c3ccc(C(O)N(C)C)cc3)cnc2N)o1. The predicted octanol–water partition coefficient (Wildman–Crippen LogP) is 3.56. The van der Waals surface area contributed by atoms with Crippen LogP contribution in [0.4, 0.5) is 5.82 Å². The third-order valence-corrected chi connectivity index (χ3v) is 5.05. The maximum Gasteiger partial charge on any atom is 0.270 e. The highest BCUT2D eigenvalue weighted by Gasteiger charge is 2.18. The van der Waals surface area contributed by atoms with Gasteiger partial charge in [0.1, 0.15) is 6.23 Å². The van der Waals surface area contributed by atoms with Crippen molar-refractivity contribution in [1.29, 1.82) is 0 Å². The summed E-state index contributed by atoms with van der Waals surface area (Å²) in [6, 6.07) is 15.4. The van der Waals surface area contributed by atoms with E-state index >= 15 is 0 Å². The first-order valence-electron chi connectivity index (χ1n) is 9.97. The molecule has 0 bridgehead atoms. The molecule has 2 aromatic heterocycles. The Kier molecular flexibility index (Phi) is 5.75. The van der Waals surface area contributed by atoms with Crippen molar-refractivity contribution in [2.24, 2.45) is 0 Å². The van der Waals surface area contributed by atoms with Gasteiger partial charge in [0.2, 0.25) is 5.89 Å². The third-order valence-electron chi connectivity index (χ3n) is 5.05. The molecule has 0 spiro atoms. The lowest BCUT2D eigenvalue weighted by atomic mass is 10.1. The van der Waals surface area contributed by atoms with Crippen LogP contribution in [0.1, 0.15) is 24.3 Å². The minimum Gasteiger partial charge on any atom is -0.414 e. The van der Waals surface area contributed by atoms with E-state index in [9.17, 15) is 5.11 Å². The molecular weight excluding hydrogens is 392 g/mol. The Bertz CT molecular complexity index is 1190. The monoisotopic (exact) mass is 416 g/mol. The molecule has 0 radical (unpaired) electrons. The molecule has 0 fully saturated rings. The average Bonchev–Trinajstić information content (AvgIpc) is 3.29. The molecule has 31 heavy (non-hydrogen) atoms. The number of benzene rings is 2. The van der Waals surface area contributed by atoms with Crippen molar-refractivity contribution in [2.45, 2.75) is 19.6 Å². The van der Waals surface area contributed by atoms with Gasteiger partial charge < -0.3 is 15.3 Å². The van der Waals surface area contributed by atoms with Crippen LogP contribution in [0.3, 0.4) is 0 Å². The molecule has 158 valence electrons. The first-order chi connectivity index (χ1) is 15.0. The predicted molar refractivity (Wildman–Crippen MR) is 119 cm³/mol. The molecule has 0 amide bonds. The van der Waals surface area contributed by atoms with Gasteiger partial charge in [0.25, 0.3) is 5.89 Å². The number of nitrogens with two attached hydrogens (primary N) is 1. The summed E-state index contributed by atoms with van der Waals surface area (Å²) < 4.78 is 5.90. The Balaban J connectivity index is 1.67. The van der Waals surface area contributed by atoms with Crippen LogP contribution in [0, 0.1) is 0 Å². The normalized spacial score (nSPS) is 12.3. The van der Waals surface area contributed by atoms with E-state index in [2.05, 4.69) is 27.1 Å². The fourth-order valence-electron chi connectivity index (χ4n) is 3.28. The minimum absolute atomic E-state index is 0.211. The zero-order valence-electron chi connectivity index (χ0n) is 17.6. The largest absolute Gasteiger partial charge is 0.414 e. The van der Waals surface area contributed by atoms with Crippen LogP contribution in [-0.4, -0.2) is 44.3 Å². The van der Waals surface area contributed by atoms with Gasteiger partial charge >= 0.3 is 0 Å². The fraction of sp³-hybridized carbons (Fsp3) is 0.217. The molecular formula is C23H24N6O2. The van der Waals surface area contributed by atoms with Crippen molar-refractivity contribution in [3.05, 3.63) is 65.9 Å². The van der Waals surface area contributed by atoms with Gasteiger partial charge in [-0.15, -0.1) is 10.2 Å². The summed E-state index contributed by atoms with van der Waals surface area (Å²) in [5.74, 6) is 0.843. The molecule has 0 aliphatic rings. The lowest BCUT2D eigenvalue weighted by Gasteiger charge is -2.18. The Morgan fingerprint density at radius 2 is 1.74 bits per heavy atom. The molecule has 4 aromatic rings. The summed E-state index contributed by atoms with van der Waals surface area (Å²) in [7, 11) is 3.63. The highest BCUT2D eigenvalue weighted by Crippen LogP contribution is 2.29. The van der Waals surface area contributed by atoms with Crippen molar-refractivity contribution >= 4 is 5.82 Å². The summed E-state index contributed by atoms with van der Waals surface area (Å²) in [6.07, 6.45) is 1.77. The summed E-state index contributed by atoms with van der Waals surface area (Å²) in [6.45, 7) is 2.08. The topological polar surface area (TPSA) is 114 Å². The van der Waals surface area contributed by atoms with E-state index < -0.39 is 6.23 Å². The number of nitrogens with zero attached hydrogens (tertiary/aromatic N) is 5. The lowest BCUT2D eigenvalue weighted by Crippen LogP contribution is -2.18. The molecule has 0 aliphatic carbocycles. The zero-order valence-corrected chi connectivity index (χ0v) is 17.6. The van der Waals surface area contributed by atoms with Crippen LogP contribution in [0.2, 0.25) is 0 Å². The maximum absolute atomic E-state index is 10.2. The van der Waals surface area contributed by atoms with E-state index in [0.29, 0.717) is 17.3 Å². The van der Waals surface area contributed by atoms with Crippen molar-refractivity contribution < 1.29 is 9.52 Å². The van der Waals surface area contributed by atoms with Crippen molar-refractivity contribution in [1.82, 2.24) is 25.1 Å². The maximum atomic E-state index is 10.2. The Morgan fingerprint density at radius 1 is 1.03 bits per heavy atom. The number of aromatic nitrogens is 4. The summed E-state index contributed by atoms with van der Waals surface area (Å²) in [5, 5.41) is 18.5.